The number of rotatable bonds is 4. The molecule has 0 unspecified atom stereocenters. The average Bonchev–Trinajstić information content (AvgIpc) is 2.76. The van der Waals surface area contributed by atoms with Crippen molar-refractivity contribution in [3.63, 3.8) is 0 Å². The lowest BCUT2D eigenvalue weighted by Crippen LogP contribution is -2.08. The molecule has 0 atom stereocenters. The molecule has 0 aliphatic carbocycles. The van der Waals surface area contributed by atoms with Crippen LogP contribution in [0.1, 0.15) is 5.56 Å². The minimum atomic E-state index is 0.510. The Bertz CT molecular complexity index is 436. The molecule has 15 heavy (non-hydrogen) atoms. The smallest absolute Gasteiger partial charge is 0.207 e. The highest BCUT2D eigenvalue weighted by atomic mass is 16.1. The summed E-state index contributed by atoms with van der Waals surface area (Å²) in [4.78, 5) is 10.1. The van der Waals surface area contributed by atoms with Crippen LogP contribution in [-0.2, 0) is 11.3 Å². The molecule has 0 fully saturated rings. The summed E-state index contributed by atoms with van der Waals surface area (Å²) in [7, 11) is 0. The first kappa shape index (κ1) is 9.45. The predicted octanol–water partition coefficient (Wildman–Crippen LogP) is 1.12. The average molecular weight is 201 g/mol. The summed E-state index contributed by atoms with van der Waals surface area (Å²) in [6.45, 7) is 0.510. The van der Waals surface area contributed by atoms with Gasteiger partial charge in [-0.05, 0) is 12.1 Å². The third kappa shape index (κ3) is 2.22. The van der Waals surface area contributed by atoms with Crippen LogP contribution in [-0.4, -0.2) is 16.2 Å². The van der Waals surface area contributed by atoms with Gasteiger partial charge in [-0.15, -0.1) is 0 Å². The van der Waals surface area contributed by atoms with Crippen LogP contribution >= 0.6 is 0 Å². The number of nitrogens with zero attached hydrogens (tertiary/aromatic N) is 2. The van der Waals surface area contributed by atoms with Gasteiger partial charge in [-0.1, -0.05) is 18.2 Å². The Balaban J connectivity index is 2.17. The fraction of sp³-hybridized carbons (Fsp3) is 0.0909. The number of amides is 1. The molecule has 0 radical (unpaired) electrons. The highest BCUT2D eigenvalue weighted by Gasteiger charge is 1.98. The van der Waals surface area contributed by atoms with Crippen LogP contribution in [0.3, 0.4) is 0 Å². The number of nitrogens with one attached hydrogen (secondary N) is 1. The van der Waals surface area contributed by atoms with E-state index in [1.165, 1.54) is 0 Å². The molecule has 1 aromatic heterocycles. The largest absolute Gasteiger partial charge is 0.354 e. The zero-order valence-corrected chi connectivity index (χ0v) is 8.13. The third-order valence-electron chi connectivity index (χ3n) is 2.05. The number of benzene rings is 1. The number of aromatic nitrogens is 2. The van der Waals surface area contributed by atoms with Gasteiger partial charge >= 0.3 is 0 Å². The van der Waals surface area contributed by atoms with Crippen molar-refractivity contribution in [2.45, 2.75) is 6.54 Å². The van der Waals surface area contributed by atoms with Gasteiger partial charge in [0.25, 0.3) is 0 Å². The van der Waals surface area contributed by atoms with Gasteiger partial charge in [-0.2, -0.15) is 5.10 Å². The molecule has 0 saturated carbocycles. The number of carbonyl (C=O) groups is 1. The van der Waals surface area contributed by atoms with Crippen LogP contribution in [0.15, 0.2) is 42.7 Å². The third-order valence-corrected chi connectivity index (χ3v) is 2.05. The zero-order valence-electron chi connectivity index (χ0n) is 8.13. The summed E-state index contributed by atoms with van der Waals surface area (Å²) < 4.78 is 1.78. The topological polar surface area (TPSA) is 46.9 Å². The molecule has 2 rings (SSSR count). The van der Waals surface area contributed by atoms with E-state index in [1.807, 2.05) is 36.5 Å². The molecule has 0 spiro atoms. The first-order chi connectivity index (χ1) is 7.40. The van der Waals surface area contributed by atoms with E-state index in [4.69, 9.17) is 0 Å². The van der Waals surface area contributed by atoms with Crippen LogP contribution in [0.4, 0.5) is 0 Å². The Hall–Kier alpha value is -2.10. The Morgan fingerprint density at radius 2 is 2.13 bits per heavy atom. The van der Waals surface area contributed by atoms with Crippen LogP contribution < -0.4 is 5.32 Å². The van der Waals surface area contributed by atoms with Crippen molar-refractivity contribution in [1.29, 1.82) is 0 Å². The highest BCUT2D eigenvalue weighted by molar-refractivity contribution is 5.46. The molecular formula is C11H11N3O. The van der Waals surface area contributed by atoms with Gasteiger partial charge in [0.15, 0.2) is 0 Å². The lowest BCUT2D eigenvalue weighted by atomic mass is 10.3. The second-order valence-corrected chi connectivity index (χ2v) is 3.13. The van der Waals surface area contributed by atoms with Crippen LogP contribution in [0.5, 0.6) is 0 Å². The van der Waals surface area contributed by atoms with Crippen molar-refractivity contribution in [3.05, 3.63) is 48.3 Å². The second kappa shape index (κ2) is 4.41. The number of para-hydroxylation sites is 1. The molecule has 2 aromatic rings. The summed E-state index contributed by atoms with van der Waals surface area (Å²) >= 11 is 0. The first-order valence-electron chi connectivity index (χ1n) is 4.66. The minimum absolute atomic E-state index is 0.510. The van der Waals surface area contributed by atoms with E-state index < -0.39 is 0 Å². The van der Waals surface area contributed by atoms with E-state index in [9.17, 15) is 4.79 Å². The fourth-order valence-electron chi connectivity index (χ4n) is 1.33. The molecule has 0 bridgehead atoms. The van der Waals surface area contributed by atoms with Gasteiger partial charge < -0.3 is 5.32 Å². The molecule has 0 aliphatic heterocycles. The molecule has 0 saturated heterocycles. The second-order valence-electron chi connectivity index (χ2n) is 3.13. The standard InChI is InChI=1S/C11H11N3O/c15-9-12-6-10-7-13-14(8-10)11-4-2-1-3-5-11/h1-5,7-9H,6H2,(H,12,15). The van der Waals surface area contributed by atoms with E-state index in [-0.39, 0.29) is 0 Å². The minimum Gasteiger partial charge on any atom is -0.354 e. The SMILES string of the molecule is O=CNCc1cnn(-c2ccccc2)c1. The zero-order chi connectivity index (χ0) is 10.5. The van der Waals surface area contributed by atoms with Crippen molar-refractivity contribution in [2.75, 3.05) is 0 Å². The van der Waals surface area contributed by atoms with Crippen molar-refractivity contribution in [2.24, 2.45) is 0 Å². The summed E-state index contributed by atoms with van der Waals surface area (Å²) in [5.74, 6) is 0. The highest BCUT2D eigenvalue weighted by Crippen LogP contribution is 2.06. The Labute approximate surface area is 87.5 Å². The molecule has 4 nitrogen and oxygen atoms in total. The van der Waals surface area contributed by atoms with Crippen molar-refractivity contribution in [3.8, 4) is 5.69 Å². The summed E-state index contributed by atoms with van der Waals surface area (Å²) in [5, 5.41) is 6.80. The molecule has 0 aliphatic rings. The van der Waals surface area contributed by atoms with Gasteiger partial charge in [0, 0.05) is 18.3 Å². The predicted molar refractivity (Wildman–Crippen MR) is 56.5 cm³/mol. The summed E-state index contributed by atoms with van der Waals surface area (Å²) in [6, 6.07) is 9.83. The molecule has 1 aromatic carbocycles. The Morgan fingerprint density at radius 3 is 2.87 bits per heavy atom. The Morgan fingerprint density at radius 1 is 1.33 bits per heavy atom. The van der Waals surface area contributed by atoms with Gasteiger partial charge in [-0.25, -0.2) is 4.68 Å². The maximum absolute atomic E-state index is 10.1. The molecule has 1 amide bonds. The van der Waals surface area contributed by atoms with E-state index >= 15 is 0 Å². The number of hydrogen-bond donors (Lipinski definition) is 1. The van der Waals surface area contributed by atoms with Crippen LogP contribution in [0.25, 0.3) is 5.69 Å². The lowest BCUT2D eigenvalue weighted by molar-refractivity contribution is -0.109. The molecule has 4 heteroatoms. The maximum atomic E-state index is 10.1. The van der Waals surface area contributed by atoms with Gasteiger partial charge in [-0.3, -0.25) is 4.79 Å². The Kier molecular flexibility index (Phi) is 2.78. The van der Waals surface area contributed by atoms with E-state index in [1.54, 1.807) is 10.9 Å². The number of hydrogen-bond acceptors (Lipinski definition) is 2. The van der Waals surface area contributed by atoms with Crippen LogP contribution in [0.2, 0.25) is 0 Å². The first-order valence-corrected chi connectivity index (χ1v) is 4.66. The van der Waals surface area contributed by atoms with E-state index in [0.29, 0.717) is 13.0 Å². The van der Waals surface area contributed by atoms with Crippen molar-refractivity contribution >= 4 is 6.41 Å². The normalized spacial score (nSPS) is 9.87. The monoisotopic (exact) mass is 201 g/mol. The summed E-state index contributed by atoms with van der Waals surface area (Å²) in [6.07, 6.45) is 4.31. The summed E-state index contributed by atoms with van der Waals surface area (Å²) in [5.41, 5.74) is 1.99. The lowest BCUT2D eigenvalue weighted by Gasteiger charge is -1.98. The quantitative estimate of drug-likeness (QED) is 0.753. The van der Waals surface area contributed by atoms with Crippen molar-refractivity contribution < 1.29 is 4.79 Å². The molecule has 1 heterocycles. The van der Waals surface area contributed by atoms with Crippen molar-refractivity contribution in [1.82, 2.24) is 15.1 Å². The van der Waals surface area contributed by atoms with Crippen LogP contribution in [0, 0.1) is 0 Å². The van der Waals surface area contributed by atoms with E-state index in [0.717, 1.165) is 11.3 Å². The van der Waals surface area contributed by atoms with Gasteiger partial charge in [0.1, 0.15) is 0 Å². The molecule has 1 N–H and O–H groups in total. The molecule has 76 valence electrons. The number of carbonyl (C=O) groups excluding carboxylic acids is 1. The maximum Gasteiger partial charge on any atom is 0.207 e. The fourth-order valence-corrected chi connectivity index (χ4v) is 1.33. The van der Waals surface area contributed by atoms with Gasteiger partial charge in [0.05, 0.1) is 11.9 Å². The van der Waals surface area contributed by atoms with E-state index in [2.05, 4.69) is 10.4 Å². The van der Waals surface area contributed by atoms with Gasteiger partial charge in [0.2, 0.25) is 6.41 Å². The molecular weight excluding hydrogens is 190 g/mol.